The van der Waals surface area contributed by atoms with Gasteiger partial charge in [0.05, 0.1) is 13.2 Å². The molecular formula is C21H24ClNO6. The van der Waals surface area contributed by atoms with Crippen molar-refractivity contribution in [3.8, 4) is 11.1 Å². The molecule has 0 aliphatic carbocycles. The Morgan fingerprint density at radius 2 is 1.52 bits per heavy atom. The highest BCUT2D eigenvalue weighted by Crippen LogP contribution is 2.31. The monoisotopic (exact) mass is 421 g/mol. The molecule has 29 heavy (non-hydrogen) atoms. The minimum atomic E-state index is -0.885. The predicted octanol–water partition coefficient (Wildman–Crippen LogP) is 4.95. The number of hydrogen-bond acceptors (Lipinski definition) is 6. The first-order valence-corrected chi connectivity index (χ1v) is 9.56. The van der Waals surface area contributed by atoms with Gasteiger partial charge in [-0.2, -0.15) is 0 Å². The zero-order valence-corrected chi connectivity index (χ0v) is 17.8. The number of benzene rings is 1. The minimum absolute atomic E-state index is 0.0904. The van der Waals surface area contributed by atoms with Gasteiger partial charge in [0, 0.05) is 10.6 Å². The molecule has 0 fully saturated rings. The largest absolute Gasteiger partial charge is 0.461 e. The number of carbonyl (C=O) groups is 3. The van der Waals surface area contributed by atoms with Crippen LogP contribution in [0.1, 0.15) is 55.6 Å². The van der Waals surface area contributed by atoms with Crippen molar-refractivity contribution < 1.29 is 28.6 Å². The number of esters is 2. The fraction of sp³-hybridized carbons (Fsp3) is 0.381. The first-order chi connectivity index (χ1) is 13.6. The van der Waals surface area contributed by atoms with Crippen LogP contribution in [-0.4, -0.2) is 41.4 Å². The SMILES string of the molecule is CCOC(=O)c1cc(-c2ccc(Cl)cc2)c(C(=O)OCC)n1C(=O)OC(C)(C)C. The predicted molar refractivity (Wildman–Crippen MR) is 108 cm³/mol. The van der Waals surface area contributed by atoms with Gasteiger partial charge in [0.15, 0.2) is 0 Å². The second-order valence-electron chi connectivity index (χ2n) is 7.06. The van der Waals surface area contributed by atoms with Crippen molar-refractivity contribution in [2.45, 2.75) is 40.2 Å². The lowest BCUT2D eigenvalue weighted by Crippen LogP contribution is -2.31. The van der Waals surface area contributed by atoms with Crippen molar-refractivity contribution >= 4 is 29.6 Å². The van der Waals surface area contributed by atoms with E-state index in [2.05, 4.69) is 0 Å². The lowest BCUT2D eigenvalue weighted by molar-refractivity contribution is 0.0414. The van der Waals surface area contributed by atoms with Crippen LogP contribution in [0.3, 0.4) is 0 Å². The van der Waals surface area contributed by atoms with Gasteiger partial charge < -0.3 is 14.2 Å². The third-order valence-electron chi connectivity index (χ3n) is 3.69. The Morgan fingerprint density at radius 3 is 2.03 bits per heavy atom. The molecule has 7 nitrogen and oxygen atoms in total. The molecule has 1 heterocycles. The molecule has 0 atom stereocenters. The van der Waals surface area contributed by atoms with E-state index >= 15 is 0 Å². The fourth-order valence-electron chi connectivity index (χ4n) is 2.61. The molecule has 2 aromatic rings. The quantitative estimate of drug-likeness (QED) is 0.502. The van der Waals surface area contributed by atoms with Gasteiger partial charge in [-0.3, -0.25) is 0 Å². The molecule has 0 radical (unpaired) electrons. The van der Waals surface area contributed by atoms with E-state index < -0.39 is 23.6 Å². The van der Waals surface area contributed by atoms with Crippen LogP contribution < -0.4 is 0 Å². The Bertz CT molecular complexity index is 908. The molecule has 156 valence electrons. The lowest BCUT2D eigenvalue weighted by atomic mass is 10.1. The van der Waals surface area contributed by atoms with Gasteiger partial charge in [0.2, 0.25) is 0 Å². The van der Waals surface area contributed by atoms with Crippen LogP contribution in [0.4, 0.5) is 4.79 Å². The van der Waals surface area contributed by atoms with Crippen LogP contribution in [-0.2, 0) is 14.2 Å². The number of halogens is 1. The summed E-state index contributed by atoms with van der Waals surface area (Å²) in [6.45, 7) is 8.53. The molecule has 0 saturated carbocycles. The van der Waals surface area contributed by atoms with Crippen LogP contribution in [0.15, 0.2) is 30.3 Å². The van der Waals surface area contributed by atoms with Crippen LogP contribution in [0, 0.1) is 0 Å². The van der Waals surface area contributed by atoms with Gasteiger partial charge in [-0.1, -0.05) is 23.7 Å². The molecule has 0 saturated heterocycles. The number of nitrogens with zero attached hydrogens (tertiary/aromatic N) is 1. The Kier molecular flexibility index (Phi) is 7.08. The zero-order chi connectivity index (χ0) is 21.8. The molecule has 0 bridgehead atoms. The standard InChI is InChI=1S/C21H24ClNO6/c1-6-27-18(24)16-12-15(13-8-10-14(22)11-9-13)17(19(25)28-7-2)23(16)20(26)29-21(3,4)5/h8-12H,6-7H2,1-5H3. The van der Waals surface area contributed by atoms with Crippen molar-refractivity contribution in [1.29, 1.82) is 0 Å². The average molecular weight is 422 g/mol. The molecule has 0 spiro atoms. The molecule has 0 unspecified atom stereocenters. The Morgan fingerprint density at radius 1 is 0.966 bits per heavy atom. The van der Waals surface area contributed by atoms with E-state index in [-0.39, 0.29) is 24.6 Å². The van der Waals surface area contributed by atoms with E-state index in [0.717, 1.165) is 4.57 Å². The summed E-state index contributed by atoms with van der Waals surface area (Å²) in [5, 5.41) is 0.503. The van der Waals surface area contributed by atoms with Crippen LogP contribution in [0.2, 0.25) is 5.02 Å². The number of rotatable bonds is 5. The fourth-order valence-corrected chi connectivity index (χ4v) is 2.74. The second kappa shape index (κ2) is 9.13. The third-order valence-corrected chi connectivity index (χ3v) is 3.94. The van der Waals surface area contributed by atoms with Gasteiger partial charge in [-0.05, 0) is 58.4 Å². The molecule has 0 aliphatic rings. The summed E-state index contributed by atoms with van der Waals surface area (Å²) >= 11 is 5.96. The van der Waals surface area contributed by atoms with Crippen LogP contribution in [0.5, 0.6) is 0 Å². The molecule has 0 amide bonds. The van der Waals surface area contributed by atoms with E-state index in [1.54, 1.807) is 58.9 Å². The summed E-state index contributed by atoms with van der Waals surface area (Å²) in [6, 6.07) is 8.04. The average Bonchev–Trinajstić information content (AvgIpc) is 3.02. The molecule has 0 N–H and O–H groups in total. The molecule has 8 heteroatoms. The highest BCUT2D eigenvalue weighted by atomic mass is 35.5. The molecule has 0 aliphatic heterocycles. The Labute approximate surface area is 174 Å². The van der Waals surface area contributed by atoms with E-state index in [4.69, 9.17) is 25.8 Å². The maximum atomic E-state index is 12.9. The van der Waals surface area contributed by atoms with Gasteiger partial charge in [-0.25, -0.2) is 19.0 Å². The van der Waals surface area contributed by atoms with Crippen LogP contribution >= 0.6 is 11.6 Å². The van der Waals surface area contributed by atoms with E-state index in [0.29, 0.717) is 16.1 Å². The normalized spacial score (nSPS) is 11.1. The topological polar surface area (TPSA) is 83.8 Å². The number of hydrogen-bond donors (Lipinski definition) is 0. The number of aromatic nitrogens is 1. The smallest absolute Gasteiger partial charge is 0.419 e. The third kappa shape index (κ3) is 5.38. The number of ether oxygens (including phenoxy) is 3. The van der Waals surface area contributed by atoms with Crippen molar-refractivity contribution in [2.75, 3.05) is 13.2 Å². The lowest BCUT2D eigenvalue weighted by Gasteiger charge is -2.21. The summed E-state index contributed by atoms with van der Waals surface area (Å²) in [5.41, 5.74) is -0.195. The van der Waals surface area contributed by atoms with Gasteiger partial charge in [0.25, 0.3) is 0 Å². The molecular weight excluding hydrogens is 398 g/mol. The van der Waals surface area contributed by atoms with Crippen molar-refractivity contribution in [2.24, 2.45) is 0 Å². The van der Waals surface area contributed by atoms with E-state index in [9.17, 15) is 14.4 Å². The first kappa shape index (κ1) is 22.5. The zero-order valence-electron chi connectivity index (χ0n) is 17.1. The minimum Gasteiger partial charge on any atom is -0.461 e. The van der Waals surface area contributed by atoms with Gasteiger partial charge in [0.1, 0.15) is 17.0 Å². The molecule has 2 rings (SSSR count). The van der Waals surface area contributed by atoms with Crippen molar-refractivity contribution in [3.63, 3.8) is 0 Å². The Balaban J connectivity index is 2.77. The van der Waals surface area contributed by atoms with E-state index in [1.165, 1.54) is 6.07 Å². The summed E-state index contributed by atoms with van der Waals surface area (Å²) < 4.78 is 16.5. The van der Waals surface area contributed by atoms with Gasteiger partial charge in [-0.15, -0.1) is 0 Å². The summed E-state index contributed by atoms with van der Waals surface area (Å²) in [6.07, 6.45) is -0.885. The maximum Gasteiger partial charge on any atom is 0.419 e. The first-order valence-electron chi connectivity index (χ1n) is 9.18. The summed E-state index contributed by atoms with van der Waals surface area (Å²) in [5.74, 6) is -1.53. The number of carbonyl (C=O) groups excluding carboxylic acids is 3. The molecule has 1 aromatic heterocycles. The highest BCUT2D eigenvalue weighted by molar-refractivity contribution is 6.30. The van der Waals surface area contributed by atoms with Gasteiger partial charge >= 0.3 is 18.0 Å². The van der Waals surface area contributed by atoms with Crippen molar-refractivity contribution in [3.05, 3.63) is 46.7 Å². The molecule has 1 aromatic carbocycles. The maximum absolute atomic E-state index is 12.9. The van der Waals surface area contributed by atoms with Crippen LogP contribution in [0.25, 0.3) is 11.1 Å². The summed E-state index contributed by atoms with van der Waals surface area (Å²) in [7, 11) is 0. The summed E-state index contributed by atoms with van der Waals surface area (Å²) in [4.78, 5) is 38.2. The van der Waals surface area contributed by atoms with Crippen molar-refractivity contribution in [1.82, 2.24) is 4.57 Å². The van der Waals surface area contributed by atoms with E-state index in [1.807, 2.05) is 0 Å². The highest BCUT2D eigenvalue weighted by Gasteiger charge is 2.32. The Hall–Kier alpha value is -2.80. The second-order valence-corrected chi connectivity index (χ2v) is 7.49.